The molecule has 178 valence electrons. The van der Waals surface area contributed by atoms with Crippen molar-refractivity contribution in [2.75, 3.05) is 13.1 Å². The first-order valence-corrected chi connectivity index (χ1v) is 12.0. The van der Waals surface area contributed by atoms with Gasteiger partial charge in [0.15, 0.2) is 0 Å². The van der Waals surface area contributed by atoms with E-state index < -0.39 is 12.0 Å². The van der Waals surface area contributed by atoms with Crippen molar-refractivity contribution in [3.63, 3.8) is 0 Å². The number of carboxylic acid groups (broad SMARTS) is 1. The van der Waals surface area contributed by atoms with Gasteiger partial charge in [-0.15, -0.1) is 0 Å². The van der Waals surface area contributed by atoms with Gasteiger partial charge in [0.2, 0.25) is 0 Å². The highest BCUT2D eigenvalue weighted by Crippen LogP contribution is 2.40. The van der Waals surface area contributed by atoms with Crippen molar-refractivity contribution in [3.8, 4) is 5.75 Å². The number of pyridine rings is 1. The molecule has 2 aromatic heterocycles. The number of aromatic amines is 1. The van der Waals surface area contributed by atoms with Crippen LogP contribution in [0.3, 0.4) is 0 Å². The summed E-state index contributed by atoms with van der Waals surface area (Å²) < 4.78 is 7.82. The fourth-order valence-corrected chi connectivity index (χ4v) is 5.81. The standard InChI is InChI=1S/C28H27N3O4/c32-26-8-4-7-25-20-11-19(15-31(25)26)14-30(16-20)27(28(33)34)23-13-29-24-12-21(9-10-22(23)24)35-17-18-5-2-1-3-6-18/h1-10,12-13,19-20,27,29H,11,14-17H2,(H,33,34)/t19-,20-,27+/m1/s1. The predicted molar refractivity (Wildman–Crippen MR) is 133 cm³/mol. The molecular formula is C28H27N3O4. The Morgan fingerprint density at radius 1 is 1.06 bits per heavy atom. The van der Waals surface area contributed by atoms with Crippen LogP contribution in [-0.2, 0) is 17.9 Å². The number of ether oxygens (including phenoxy) is 1. The normalized spacial score (nSPS) is 20.3. The van der Waals surface area contributed by atoms with Crippen LogP contribution in [0.4, 0.5) is 0 Å². The molecule has 0 spiro atoms. The van der Waals surface area contributed by atoms with Crippen LogP contribution < -0.4 is 10.3 Å². The van der Waals surface area contributed by atoms with E-state index in [2.05, 4.69) is 9.88 Å². The smallest absolute Gasteiger partial charge is 0.325 e. The number of hydrogen-bond donors (Lipinski definition) is 2. The number of nitrogens with zero attached hydrogens (tertiary/aromatic N) is 2. The second-order valence-corrected chi connectivity index (χ2v) is 9.62. The van der Waals surface area contributed by atoms with Gasteiger partial charge in [0.1, 0.15) is 18.4 Å². The number of carboxylic acids is 1. The Morgan fingerprint density at radius 2 is 1.91 bits per heavy atom. The molecule has 0 saturated carbocycles. The molecule has 2 aliphatic heterocycles. The molecule has 7 heteroatoms. The lowest BCUT2D eigenvalue weighted by atomic mass is 9.82. The van der Waals surface area contributed by atoms with Gasteiger partial charge in [-0.3, -0.25) is 14.5 Å². The van der Waals surface area contributed by atoms with Gasteiger partial charge in [-0.1, -0.05) is 36.4 Å². The first kappa shape index (κ1) is 21.7. The molecule has 0 amide bonds. The summed E-state index contributed by atoms with van der Waals surface area (Å²) in [5.74, 6) is 0.282. The summed E-state index contributed by atoms with van der Waals surface area (Å²) in [6.07, 6.45) is 2.80. The van der Waals surface area contributed by atoms with Crippen LogP contribution in [0.1, 0.15) is 35.2 Å². The van der Waals surface area contributed by atoms with Crippen LogP contribution in [0.5, 0.6) is 5.75 Å². The highest BCUT2D eigenvalue weighted by Gasteiger charge is 2.40. The molecule has 0 aliphatic carbocycles. The third-order valence-electron chi connectivity index (χ3n) is 7.34. The van der Waals surface area contributed by atoms with E-state index in [1.165, 1.54) is 0 Å². The minimum absolute atomic E-state index is 0.0300. The second-order valence-electron chi connectivity index (χ2n) is 9.62. The van der Waals surface area contributed by atoms with Gasteiger partial charge in [-0.05, 0) is 36.1 Å². The van der Waals surface area contributed by atoms with Gasteiger partial charge in [-0.2, -0.15) is 0 Å². The number of nitrogens with one attached hydrogen (secondary N) is 1. The Balaban J connectivity index is 1.27. The maximum Gasteiger partial charge on any atom is 0.325 e. The first-order chi connectivity index (χ1) is 17.1. The molecule has 2 bridgehead atoms. The van der Waals surface area contributed by atoms with Crippen LogP contribution >= 0.6 is 0 Å². The van der Waals surface area contributed by atoms with E-state index in [1.807, 2.05) is 65.4 Å². The Morgan fingerprint density at radius 3 is 2.74 bits per heavy atom. The molecule has 3 atom stereocenters. The van der Waals surface area contributed by atoms with Crippen molar-refractivity contribution in [2.24, 2.45) is 5.92 Å². The lowest BCUT2D eigenvalue weighted by molar-refractivity contribution is -0.144. The molecule has 0 radical (unpaired) electrons. The number of aromatic nitrogens is 2. The van der Waals surface area contributed by atoms with E-state index >= 15 is 0 Å². The summed E-state index contributed by atoms with van der Waals surface area (Å²) in [4.78, 5) is 30.2. The Hall–Kier alpha value is -3.84. The molecule has 2 aromatic carbocycles. The molecule has 35 heavy (non-hydrogen) atoms. The number of likely N-dealkylation sites (tertiary alicyclic amines) is 1. The summed E-state index contributed by atoms with van der Waals surface area (Å²) >= 11 is 0. The van der Waals surface area contributed by atoms with E-state index in [0.717, 1.165) is 39.9 Å². The quantitative estimate of drug-likeness (QED) is 0.443. The van der Waals surface area contributed by atoms with Crippen LogP contribution in [0, 0.1) is 5.92 Å². The molecule has 0 unspecified atom stereocenters. The maximum absolute atomic E-state index is 12.6. The lowest BCUT2D eigenvalue weighted by Gasteiger charge is -2.44. The number of piperidine rings is 1. The number of rotatable bonds is 6. The average molecular weight is 470 g/mol. The SMILES string of the molecule is O=C(O)[C@H](c1c[nH]c2cc(OCc3ccccc3)ccc12)N1C[C@H]2C[C@H](C1)c1cccc(=O)n1C2. The van der Waals surface area contributed by atoms with E-state index in [0.29, 0.717) is 26.2 Å². The van der Waals surface area contributed by atoms with Crippen molar-refractivity contribution in [2.45, 2.75) is 31.5 Å². The predicted octanol–water partition coefficient (Wildman–Crippen LogP) is 4.15. The topological polar surface area (TPSA) is 87.6 Å². The monoisotopic (exact) mass is 469 g/mol. The highest BCUT2D eigenvalue weighted by atomic mass is 16.5. The summed E-state index contributed by atoms with van der Waals surface area (Å²) in [6.45, 7) is 2.38. The van der Waals surface area contributed by atoms with Crippen molar-refractivity contribution < 1.29 is 14.6 Å². The lowest BCUT2D eigenvalue weighted by Crippen LogP contribution is -2.49. The number of hydrogen-bond acceptors (Lipinski definition) is 4. The Kier molecular flexibility index (Phi) is 5.41. The number of benzene rings is 2. The van der Waals surface area contributed by atoms with E-state index in [9.17, 15) is 14.7 Å². The van der Waals surface area contributed by atoms with Crippen molar-refractivity contribution in [1.29, 1.82) is 0 Å². The first-order valence-electron chi connectivity index (χ1n) is 12.0. The zero-order chi connectivity index (χ0) is 23.9. The van der Waals surface area contributed by atoms with E-state index in [-0.39, 0.29) is 17.4 Å². The molecule has 6 rings (SSSR count). The summed E-state index contributed by atoms with van der Waals surface area (Å²) in [5, 5.41) is 11.2. The molecular weight excluding hydrogens is 442 g/mol. The minimum Gasteiger partial charge on any atom is -0.489 e. The van der Waals surface area contributed by atoms with Gasteiger partial charge in [-0.25, -0.2) is 0 Å². The van der Waals surface area contributed by atoms with Crippen molar-refractivity contribution in [1.82, 2.24) is 14.5 Å². The van der Waals surface area contributed by atoms with Gasteiger partial charge in [0, 0.05) is 66.0 Å². The van der Waals surface area contributed by atoms with Crippen LogP contribution in [0.2, 0.25) is 0 Å². The third kappa shape index (κ3) is 4.02. The molecule has 2 aliphatic rings. The fourth-order valence-electron chi connectivity index (χ4n) is 5.81. The zero-order valence-electron chi connectivity index (χ0n) is 19.3. The molecule has 4 aromatic rings. The molecule has 7 nitrogen and oxygen atoms in total. The van der Waals surface area contributed by atoms with Crippen LogP contribution in [0.25, 0.3) is 10.9 Å². The summed E-state index contributed by atoms with van der Waals surface area (Å²) in [5.41, 5.74) is 3.74. The molecule has 2 N–H and O–H groups in total. The number of carbonyl (C=O) groups is 1. The van der Waals surface area contributed by atoms with Crippen LogP contribution in [0.15, 0.2) is 77.7 Å². The molecule has 4 heterocycles. The van der Waals surface area contributed by atoms with Gasteiger partial charge < -0.3 is 19.4 Å². The fraction of sp³-hybridized carbons (Fsp3) is 0.286. The van der Waals surface area contributed by atoms with Crippen molar-refractivity contribution in [3.05, 3.63) is 100 Å². The van der Waals surface area contributed by atoms with Crippen molar-refractivity contribution >= 4 is 16.9 Å². The molecule has 1 fully saturated rings. The minimum atomic E-state index is -0.860. The third-order valence-corrected chi connectivity index (χ3v) is 7.34. The van der Waals surface area contributed by atoms with Crippen LogP contribution in [-0.4, -0.2) is 38.6 Å². The highest BCUT2D eigenvalue weighted by molar-refractivity contribution is 5.90. The van der Waals surface area contributed by atoms with E-state index in [1.54, 1.807) is 12.1 Å². The Labute approximate surface area is 202 Å². The van der Waals surface area contributed by atoms with Gasteiger partial charge >= 0.3 is 5.97 Å². The zero-order valence-corrected chi connectivity index (χ0v) is 19.3. The summed E-state index contributed by atoms with van der Waals surface area (Å²) in [7, 11) is 0. The van der Waals surface area contributed by atoms with Gasteiger partial charge in [0.25, 0.3) is 5.56 Å². The van der Waals surface area contributed by atoms with Gasteiger partial charge in [0.05, 0.1) is 0 Å². The summed E-state index contributed by atoms with van der Waals surface area (Å²) in [6, 6.07) is 20.4. The number of fused-ring (bicyclic) bond motifs is 5. The number of H-pyrrole nitrogens is 1. The second kappa shape index (κ2) is 8.74. The van der Waals surface area contributed by atoms with E-state index in [4.69, 9.17) is 4.74 Å². The maximum atomic E-state index is 12.6. The Bertz CT molecular complexity index is 1440. The average Bonchev–Trinajstić information content (AvgIpc) is 3.27. The molecule has 1 saturated heterocycles. The number of aliphatic carboxylic acids is 1. The largest absolute Gasteiger partial charge is 0.489 e.